The molecule has 0 bridgehead atoms. The van der Waals surface area contributed by atoms with Crippen LogP contribution in [0.2, 0.25) is 0 Å². The fourth-order valence-corrected chi connectivity index (χ4v) is 3.83. The molecule has 0 saturated carbocycles. The van der Waals surface area contributed by atoms with E-state index in [1.165, 1.54) is 19.2 Å². The zero-order valence-electron chi connectivity index (χ0n) is 16.5. The van der Waals surface area contributed by atoms with Crippen molar-refractivity contribution in [2.24, 2.45) is 0 Å². The van der Waals surface area contributed by atoms with E-state index in [9.17, 15) is 30.3 Å². The van der Waals surface area contributed by atoms with E-state index in [-0.39, 0.29) is 28.0 Å². The minimum absolute atomic E-state index is 0.0303. The van der Waals surface area contributed by atoms with Crippen molar-refractivity contribution >= 4 is 11.0 Å². The average Bonchev–Trinajstić information content (AvgIpc) is 2.78. The molecule has 5 atom stereocenters. The molecule has 2 heterocycles. The highest BCUT2D eigenvalue weighted by Crippen LogP contribution is 2.44. The Morgan fingerprint density at radius 3 is 2.39 bits per heavy atom. The van der Waals surface area contributed by atoms with Crippen LogP contribution < -0.4 is 10.2 Å². The molecule has 164 valence electrons. The number of methoxy groups -OCH3 is 1. The number of phenols is 1. The Hall–Kier alpha value is -2.95. The molecule has 0 spiro atoms. The quantitative estimate of drug-likeness (QED) is 0.403. The van der Waals surface area contributed by atoms with Gasteiger partial charge in [-0.15, -0.1) is 0 Å². The van der Waals surface area contributed by atoms with Gasteiger partial charge in [-0.3, -0.25) is 4.79 Å². The number of ether oxygens (including phenoxy) is 2. The molecule has 31 heavy (non-hydrogen) atoms. The van der Waals surface area contributed by atoms with Crippen LogP contribution in [0.4, 0.5) is 0 Å². The second-order valence-electron chi connectivity index (χ2n) is 7.31. The third-order valence-electron chi connectivity index (χ3n) is 5.44. The summed E-state index contributed by atoms with van der Waals surface area (Å²) in [6, 6.07) is 11.2. The van der Waals surface area contributed by atoms with Crippen molar-refractivity contribution in [1.82, 2.24) is 0 Å². The summed E-state index contributed by atoms with van der Waals surface area (Å²) in [4.78, 5) is 12.9. The van der Waals surface area contributed by atoms with E-state index in [4.69, 9.17) is 13.9 Å². The number of aliphatic hydroxyl groups excluding tert-OH is 4. The molecule has 9 heteroatoms. The summed E-state index contributed by atoms with van der Waals surface area (Å²) in [5.74, 6) is -0.159. The molecule has 0 radical (unpaired) electrons. The topological polar surface area (TPSA) is 150 Å². The monoisotopic (exact) mass is 430 g/mol. The zero-order valence-corrected chi connectivity index (χ0v) is 16.5. The number of aliphatic hydroxyl groups is 4. The van der Waals surface area contributed by atoms with Crippen molar-refractivity contribution in [3.63, 3.8) is 0 Å². The number of aromatic hydroxyl groups is 1. The van der Waals surface area contributed by atoms with Crippen LogP contribution in [-0.2, 0) is 4.74 Å². The molecule has 9 nitrogen and oxygen atoms in total. The van der Waals surface area contributed by atoms with Crippen LogP contribution in [0.3, 0.4) is 0 Å². The van der Waals surface area contributed by atoms with Gasteiger partial charge in [-0.05, 0) is 0 Å². The summed E-state index contributed by atoms with van der Waals surface area (Å²) < 4.78 is 17.0. The van der Waals surface area contributed by atoms with Crippen molar-refractivity contribution in [3.8, 4) is 22.8 Å². The number of fused-ring (bicyclic) bond motifs is 1. The van der Waals surface area contributed by atoms with Crippen molar-refractivity contribution < 1.29 is 39.4 Å². The molecule has 1 saturated heterocycles. The Kier molecular flexibility index (Phi) is 5.69. The van der Waals surface area contributed by atoms with Gasteiger partial charge in [0, 0.05) is 17.7 Å². The molecule has 2 aromatic carbocycles. The Labute approximate surface area is 176 Å². The van der Waals surface area contributed by atoms with Crippen LogP contribution >= 0.6 is 0 Å². The van der Waals surface area contributed by atoms with Crippen LogP contribution in [-0.4, -0.2) is 63.7 Å². The van der Waals surface area contributed by atoms with Gasteiger partial charge in [0.1, 0.15) is 53.2 Å². The normalized spacial score (nSPS) is 26.2. The fraction of sp³-hybridized carbons (Fsp3) is 0.318. The van der Waals surface area contributed by atoms with Gasteiger partial charge in [0.2, 0.25) is 0 Å². The molecule has 0 amide bonds. The van der Waals surface area contributed by atoms with Crippen molar-refractivity contribution in [3.05, 3.63) is 58.3 Å². The Balaban J connectivity index is 2.00. The van der Waals surface area contributed by atoms with Crippen LogP contribution in [0.1, 0.15) is 11.7 Å². The Morgan fingerprint density at radius 2 is 1.74 bits per heavy atom. The van der Waals surface area contributed by atoms with Gasteiger partial charge >= 0.3 is 0 Å². The third-order valence-corrected chi connectivity index (χ3v) is 5.44. The molecule has 3 aromatic rings. The molecule has 0 aliphatic carbocycles. The third kappa shape index (κ3) is 3.56. The first kappa shape index (κ1) is 21.3. The lowest BCUT2D eigenvalue weighted by Crippen LogP contribution is -2.55. The number of hydrogen-bond acceptors (Lipinski definition) is 9. The van der Waals surface area contributed by atoms with Crippen molar-refractivity contribution in [2.45, 2.75) is 30.5 Å². The van der Waals surface area contributed by atoms with E-state index in [0.717, 1.165) is 0 Å². The van der Waals surface area contributed by atoms with E-state index >= 15 is 0 Å². The second kappa shape index (κ2) is 8.29. The van der Waals surface area contributed by atoms with E-state index in [1.807, 2.05) is 0 Å². The average molecular weight is 430 g/mol. The maximum atomic E-state index is 12.9. The SMILES string of the molecule is COc1cc(O)c2c(=O)cc(-c3ccccc3)oc2c1C1OC(CO)C(O)C(O)C1O. The van der Waals surface area contributed by atoms with Gasteiger partial charge in [-0.2, -0.15) is 0 Å². The number of rotatable bonds is 4. The first-order valence-corrected chi connectivity index (χ1v) is 9.61. The number of benzene rings is 2. The summed E-state index contributed by atoms with van der Waals surface area (Å²) in [5, 5.41) is 50.8. The maximum absolute atomic E-state index is 12.9. The van der Waals surface area contributed by atoms with Crippen molar-refractivity contribution in [1.29, 1.82) is 0 Å². The summed E-state index contributed by atoms with van der Waals surface area (Å²) in [6.45, 7) is -0.626. The summed E-state index contributed by atoms with van der Waals surface area (Å²) in [6.07, 6.45) is -7.35. The molecule has 1 aromatic heterocycles. The standard InChI is InChI=1S/C22H22O9/c1-29-14-8-12(25)16-11(24)7-13(10-5-3-2-4-6-10)30-21(16)17(14)22-20(28)19(27)18(26)15(9-23)31-22/h2-8,15,18-20,22-23,25-28H,9H2,1H3. The minimum Gasteiger partial charge on any atom is -0.507 e. The van der Waals surface area contributed by atoms with Gasteiger partial charge in [0.15, 0.2) is 11.0 Å². The smallest absolute Gasteiger partial charge is 0.197 e. The number of phenolic OH excluding ortho intramolecular Hbond substituents is 1. The van der Waals surface area contributed by atoms with Crippen LogP contribution in [0.25, 0.3) is 22.3 Å². The molecule has 5 unspecified atom stereocenters. The molecule has 1 aliphatic heterocycles. The molecule has 1 aliphatic rings. The van der Waals surface area contributed by atoms with Gasteiger partial charge in [0.25, 0.3) is 0 Å². The van der Waals surface area contributed by atoms with Gasteiger partial charge in [-0.25, -0.2) is 0 Å². The lowest BCUT2D eigenvalue weighted by molar-refractivity contribution is -0.231. The summed E-state index contributed by atoms with van der Waals surface area (Å²) in [7, 11) is 1.31. The minimum atomic E-state index is -1.64. The number of hydrogen-bond donors (Lipinski definition) is 5. The van der Waals surface area contributed by atoms with Gasteiger partial charge in [-0.1, -0.05) is 30.3 Å². The lowest BCUT2D eigenvalue weighted by atomic mass is 9.89. The highest BCUT2D eigenvalue weighted by atomic mass is 16.5. The lowest BCUT2D eigenvalue weighted by Gasteiger charge is -2.40. The van der Waals surface area contributed by atoms with E-state index in [1.54, 1.807) is 30.3 Å². The predicted molar refractivity (Wildman–Crippen MR) is 109 cm³/mol. The highest BCUT2D eigenvalue weighted by molar-refractivity contribution is 5.89. The van der Waals surface area contributed by atoms with Crippen molar-refractivity contribution in [2.75, 3.05) is 13.7 Å². The van der Waals surface area contributed by atoms with E-state index < -0.39 is 48.3 Å². The van der Waals surface area contributed by atoms with Crippen LogP contribution in [0.5, 0.6) is 11.5 Å². The van der Waals surface area contributed by atoms with Gasteiger partial charge < -0.3 is 39.4 Å². The molecular weight excluding hydrogens is 408 g/mol. The zero-order chi connectivity index (χ0) is 22.3. The maximum Gasteiger partial charge on any atom is 0.197 e. The fourth-order valence-electron chi connectivity index (χ4n) is 3.83. The summed E-state index contributed by atoms with van der Waals surface area (Å²) in [5.41, 5.74) is 0.0178. The van der Waals surface area contributed by atoms with E-state index in [2.05, 4.69) is 0 Å². The second-order valence-corrected chi connectivity index (χ2v) is 7.31. The van der Waals surface area contributed by atoms with Crippen LogP contribution in [0.15, 0.2) is 51.7 Å². The van der Waals surface area contributed by atoms with Gasteiger partial charge in [0.05, 0.1) is 19.3 Å². The Morgan fingerprint density at radius 1 is 1.03 bits per heavy atom. The molecular formula is C22H22O9. The largest absolute Gasteiger partial charge is 0.507 e. The predicted octanol–water partition coefficient (Wildman–Crippen LogP) is 0.689. The molecule has 5 N–H and O–H groups in total. The van der Waals surface area contributed by atoms with E-state index in [0.29, 0.717) is 5.56 Å². The molecule has 1 fully saturated rings. The first-order chi connectivity index (χ1) is 14.9. The summed E-state index contributed by atoms with van der Waals surface area (Å²) >= 11 is 0. The Bertz CT molecular complexity index is 1140. The first-order valence-electron chi connectivity index (χ1n) is 9.61. The molecule has 4 rings (SSSR count). The highest BCUT2D eigenvalue weighted by Gasteiger charge is 2.46. The van der Waals surface area contributed by atoms with Crippen LogP contribution in [0, 0.1) is 0 Å².